The number of benzene rings is 1. The van der Waals surface area contributed by atoms with Crippen molar-refractivity contribution in [1.82, 2.24) is 0 Å². The minimum absolute atomic E-state index is 0. The fraction of sp³-hybridized carbons (Fsp3) is 0.429. The van der Waals surface area contributed by atoms with E-state index in [1.165, 1.54) is 4.90 Å². The summed E-state index contributed by atoms with van der Waals surface area (Å²) in [5.41, 5.74) is 0. The zero-order valence-electron chi connectivity index (χ0n) is 10.5. The average molecular weight is 352 g/mol. The van der Waals surface area contributed by atoms with Gasteiger partial charge in [0.15, 0.2) is 0 Å². The SMILES string of the molecule is C[CH-]C1C(=O)OC(C)C1CSc1ccccc1.[Rh]. The molecule has 1 aromatic carbocycles. The summed E-state index contributed by atoms with van der Waals surface area (Å²) in [6, 6.07) is 10.3. The van der Waals surface area contributed by atoms with Gasteiger partial charge in [0, 0.05) is 30.1 Å². The Morgan fingerprint density at radius 3 is 2.61 bits per heavy atom. The number of cyclic esters (lactones) is 1. The van der Waals surface area contributed by atoms with Crippen LogP contribution >= 0.6 is 11.8 Å². The minimum atomic E-state index is -0.0707. The number of carbonyl (C=O) groups excluding carboxylic acids is 1. The predicted octanol–water partition coefficient (Wildman–Crippen LogP) is 3.18. The molecule has 1 aliphatic heterocycles. The van der Waals surface area contributed by atoms with E-state index in [9.17, 15) is 4.79 Å². The average Bonchev–Trinajstić information content (AvgIpc) is 2.62. The summed E-state index contributed by atoms with van der Waals surface area (Å²) >= 11 is 1.79. The second-order valence-electron chi connectivity index (χ2n) is 4.29. The molecular formula is C14H17O2RhS-. The van der Waals surface area contributed by atoms with E-state index in [4.69, 9.17) is 4.74 Å². The largest absolute Gasteiger partial charge is 0.464 e. The molecule has 3 unspecified atom stereocenters. The second kappa shape index (κ2) is 7.30. The van der Waals surface area contributed by atoms with Gasteiger partial charge in [0.2, 0.25) is 0 Å². The molecule has 3 atom stereocenters. The van der Waals surface area contributed by atoms with E-state index in [2.05, 4.69) is 12.1 Å². The van der Waals surface area contributed by atoms with Crippen molar-refractivity contribution in [1.29, 1.82) is 0 Å². The van der Waals surface area contributed by atoms with Crippen LogP contribution in [0.1, 0.15) is 13.8 Å². The summed E-state index contributed by atoms with van der Waals surface area (Å²) in [4.78, 5) is 12.8. The van der Waals surface area contributed by atoms with E-state index in [-0.39, 0.29) is 43.4 Å². The van der Waals surface area contributed by atoms with E-state index in [0.29, 0.717) is 0 Å². The summed E-state index contributed by atoms with van der Waals surface area (Å²) in [7, 11) is 0. The summed E-state index contributed by atoms with van der Waals surface area (Å²) in [6.45, 7) is 3.92. The van der Waals surface area contributed by atoms with Crippen LogP contribution in [-0.4, -0.2) is 17.8 Å². The Labute approximate surface area is 126 Å². The minimum Gasteiger partial charge on any atom is -0.464 e. The van der Waals surface area contributed by atoms with Crippen molar-refractivity contribution in [3.63, 3.8) is 0 Å². The summed E-state index contributed by atoms with van der Waals surface area (Å²) < 4.78 is 5.28. The van der Waals surface area contributed by atoms with Crippen LogP contribution in [-0.2, 0) is 29.0 Å². The Kier molecular flexibility index (Phi) is 6.38. The molecule has 0 aromatic heterocycles. The first-order valence-electron chi connectivity index (χ1n) is 5.90. The number of esters is 1. The Bertz CT molecular complexity index is 383. The standard InChI is InChI=1S/C14H17O2S.Rh/c1-3-12-13(10(2)16-14(12)15)9-17-11-7-5-4-6-8-11;/h3-8,10,12-13H,9H2,1-2H3;/q-1;. The predicted molar refractivity (Wildman–Crippen MR) is 69.7 cm³/mol. The second-order valence-corrected chi connectivity index (χ2v) is 5.38. The molecular weight excluding hydrogens is 335 g/mol. The van der Waals surface area contributed by atoms with Crippen LogP contribution < -0.4 is 0 Å². The van der Waals surface area contributed by atoms with Crippen molar-refractivity contribution in [2.45, 2.75) is 24.8 Å². The number of thioether (sulfide) groups is 1. The van der Waals surface area contributed by atoms with Crippen molar-refractivity contribution in [2.24, 2.45) is 11.8 Å². The smallest absolute Gasteiger partial charge is 0.279 e. The number of hydrogen-bond donors (Lipinski definition) is 0. The molecule has 1 fully saturated rings. The van der Waals surface area contributed by atoms with Crippen LogP contribution in [0.3, 0.4) is 0 Å². The summed E-state index contributed by atoms with van der Waals surface area (Å²) in [5, 5.41) is 0. The van der Waals surface area contributed by atoms with Crippen LogP contribution in [0.15, 0.2) is 35.2 Å². The van der Waals surface area contributed by atoms with Gasteiger partial charge in [0.05, 0.1) is 0 Å². The molecule has 4 heteroatoms. The third kappa shape index (κ3) is 3.58. The third-order valence-corrected chi connectivity index (χ3v) is 4.34. The summed E-state index contributed by atoms with van der Waals surface area (Å²) in [5.74, 6) is 1.10. The third-order valence-electron chi connectivity index (χ3n) is 3.18. The monoisotopic (exact) mass is 352 g/mol. The van der Waals surface area contributed by atoms with Gasteiger partial charge in [-0.2, -0.15) is 6.92 Å². The van der Waals surface area contributed by atoms with E-state index in [1.54, 1.807) is 11.8 Å². The van der Waals surface area contributed by atoms with Crippen LogP contribution in [0.25, 0.3) is 0 Å². The van der Waals surface area contributed by atoms with Gasteiger partial charge < -0.3 is 11.2 Å². The first kappa shape index (κ1) is 15.7. The maximum atomic E-state index is 11.6. The molecule has 1 saturated heterocycles. The van der Waals surface area contributed by atoms with Crippen LogP contribution in [0.5, 0.6) is 0 Å². The first-order valence-corrected chi connectivity index (χ1v) is 6.88. The fourth-order valence-electron chi connectivity index (χ4n) is 2.15. The van der Waals surface area contributed by atoms with E-state index in [0.717, 1.165) is 5.75 Å². The van der Waals surface area contributed by atoms with Gasteiger partial charge >= 0.3 is 0 Å². The molecule has 1 radical (unpaired) electrons. The number of ether oxygens (including phenoxy) is 1. The maximum absolute atomic E-state index is 11.6. The number of hydrogen-bond acceptors (Lipinski definition) is 3. The zero-order valence-corrected chi connectivity index (χ0v) is 12.9. The Hall–Kier alpha value is -0.337. The van der Waals surface area contributed by atoms with E-state index < -0.39 is 0 Å². The van der Waals surface area contributed by atoms with Gasteiger partial charge in [0.25, 0.3) is 5.97 Å². The van der Waals surface area contributed by atoms with Gasteiger partial charge in [-0.3, -0.25) is 4.79 Å². The Morgan fingerprint density at radius 2 is 2.00 bits per heavy atom. The molecule has 18 heavy (non-hydrogen) atoms. The molecule has 1 aliphatic rings. The molecule has 2 rings (SSSR count). The van der Waals surface area contributed by atoms with Gasteiger partial charge in [-0.15, -0.1) is 11.8 Å². The van der Waals surface area contributed by atoms with Crippen molar-refractivity contribution in [2.75, 3.05) is 5.75 Å². The van der Waals surface area contributed by atoms with Crippen LogP contribution in [0, 0.1) is 18.3 Å². The fourth-order valence-corrected chi connectivity index (χ4v) is 3.36. The van der Waals surface area contributed by atoms with Crippen LogP contribution in [0.2, 0.25) is 0 Å². The maximum Gasteiger partial charge on any atom is 0.279 e. The Morgan fingerprint density at radius 1 is 1.33 bits per heavy atom. The van der Waals surface area contributed by atoms with Gasteiger partial charge in [0.1, 0.15) is 6.10 Å². The van der Waals surface area contributed by atoms with Crippen LogP contribution in [0.4, 0.5) is 0 Å². The molecule has 0 spiro atoms. The van der Waals surface area contributed by atoms with Crippen molar-refractivity contribution < 1.29 is 29.0 Å². The van der Waals surface area contributed by atoms with Crippen molar-refractivity contribution in [3.8, 4) is 0 Å². The van der Waals surface area contributed by atoms with E-state index >= 15 is 0 Å². The molecule has 1 heterocycles. The molecule has 0 aliphatic carbocycles. The number of rotatable bonds is 4. The molecule has 1 aromatic rings. The quantitative estimate of drug-likeness (QED) is 0.360. The molecule has 2 nitrogen and oxygen atoms in total. The molecule has 0 saturated carbocycles. The first-order chi connectivity index (χ1) is 8.22. The topological polar surface area (TPSA) is 26.3 Å². The van der Waals surface area contributed by atoms with Crippen molar-refractivity contribution >= 4 is 17.7 Å². The van der Waals surface area contributed by atoms with Gasteiger partial charge in [-0.25, -0.2) is 0 Å². The zero-order chi connectivity index (χ0) is 12.3. The molecule has 0 amide bonds. The van der Waals surface area contributed by atoms with E-state index in [1.807, 2.05) is 38.5 Å². The van der Waals surface area contributed by atoms with Crippen molar-refractivity contribution in [3.05, 3.63) is 36.8 Å². The normalized spacial score (nSPS) is 26.6. The molecule has 0 N–H and O–H groups in total. The molecule has 0 bridgehead atoms. The number of carbonyl (C=O) groups is 1. The summed E-state index contributed by atoms with van der Waals surface area (Å²) in [6.07, 6.45) is 1.99. The Balaban J connectivity index is 0.00000162. The van der Waals surface area contributed by atoms with Gasteiger partial charge in [-0.1, -0.05) is 24.1 Å². The van der Waals surface area contributed by atoms with Gasteiger partial charge in [-0.05, 0) is 25.0 Å². The molecule has 101 valence electrons.